The maximum absolute atomic E-state index is 11.7. The van der Waals surface area contributed by atoms with Gasteiger partial charge in [-0.2, -0.15) is 8.78 Å². The predicted octanol–water partition coefficient (Wildman–Crippen LogP) is 1.07. The maximum atomic E-state index is 11.7. The summed E-state index contributed by atoms with van der Waals surface area (Å²) in [4.78, 5) is 9.49. The number of carbonyl (C=O) groups is 1. The number of hydrogen-bond acceptors (Lipinski definition) is 1. The van der Waals surface area contributed by atoms with E-state index in [-0.39, 0.29) is 0 Å². The quantitative estimate of drug-likeness (QED) is 0.639. The third-order valence-electron chi connectivity index (χ3n) is 0.721. The van der Waals surface area contributed by atoms with Crippen molar-refractivity contribution in [1.82, 2.24) is 0 Å². The summed E-state index contributed by atoms with van der Waals surface area (Å²) < 4.78 is 34.5. The maximum Gasteiger partial charge on any atom is 0.374 e. The van der Waals surface area contributed by atoms with Gasteiger partial charge in [0.15, 0.2) is 0 Å². The monoisotopic (exact) mass is 142 g/mol. The Morgan fingerprint density at radius 2 is 2.00 bits per heavy atom. The molecule has 0 saturated heterocycles. The second kappa shape index (κ2) is 2.70. The second-order valence-electron chi connectivity index (χ2n) is 1.45. The summed E-state index contributed by atoms with van der Waals surface area (Å²) >= 11 is 0. The fourth-order valence-electron chi connectivity index (χ4n) is 0.226. The fraction of sp³-hybridized carbons (Fsp3) is 0.750. The highest BCUT2D eigenvalue weighted by atomic mass is 19.3. The number of aliphatic carboxylic acids is 1. The van der Waals surface area contributed by atoms with Crippen molar-refractivity contribution in [3.63, 3.8) is 0 Å². The van der Waals surface area contributed by atoms with E-state index in [1.807, 2.05) is 0 Å². The first-order valence-corrected chi connectivity index (χ1v) is 2.18. The molecule has 0 aromatic carbocycles. The van der Waals surface area contributed by atoms with Crippen LogP contribution in [0, 0.1) is 0 Å². The molecule has 54 valence electrons. The average molecular weight is 142 g/mol. The van der Waals surface area contributed by atoms with E-state index in [1.165, 1.54) is 0 Å². The Morgan fingerprint density at radius 1 is 1.56 bits per heavy atom. The van der Waals surface area contributed by atoms with E-state index in [1.54, 1.807) is 0 Å². The molecule has 0 spiro atoms. The standard InChI is InChI=1S/C4H5F3O2/c5-2-1-4(6,7)3(8)9/h1-2H2,(H,8,9). The van der Waals surface area contributed by atoms with Gasteiger partial charge in [-0.25, -0.2) is 4.79 Å². The lowest BCUT2D eigenvalue weighted by molar-refractivity contribution is -0.166. The first-order valence-electron chi connectivity index (χ1n) is 2.18. The summed E-state index contributed by atoms with van der Waals surface area (Å²) in [7, 11) is 0. The van der Waals surface area contributed by atoms with Gasteiger partial charge in [0.2, 0.25) is 0 Å². The molecule has 1 N–H and O–H groups in total. The molecule has 0 heterocycles. The first kappa shape index (κ1) is 8.26. The second-order valence-corrected chi connectivity index (χ2v) is 1.45. The Labute approximate surface area is 49.3 Å². The molecule has 0 rings (SSSR count). The third kappa shape index (κ3) is 2.34. The van der Waals surface area contributed by atoms with Crippen LogP contribution in [-0.4, -0.2) is 23.7 Å². The Morgan fingerprint density at radius 3 is 2.11 bits per heavy atom. The Balaban J connectivity index is 3.85. The lowest BCUT2D eigenvalue weighted by atomic mass is 10.3. The highest BCUT2D eigenvalue weighted by Gasteiger charge is 2.37. The van der Waals surface area contributed by atoms with Crippen molar-refractivity contribution >= 4 is 5.97 Å². The van der Waals surface area contributed by atoms with E-state index in [4.69, 9.17) is 5.11 Å². The van der Waals surface area contributed by atoms with Crippen LogP contribution in [0.2, 0.25) is 0 Å². The number of alkyl halides is 3. The summed E-state index contributed by atoms with van der Waals surface area (Å²) in [6.45, 7) is -1.32. The molecule has 0 bridgehead atoms. The molecular formula is C4H5F3O2. The first-order chi connectivity index (χ1) is 4.00. The number of halogens is 3. The molecular weight excluding hydrogens is 137 g/mol. The van der Waals surface area contributed by atoms with Crippen LogP contribution in [-0.2, 0) is 4.79 Å². The van der Waals surface area contributed by atoms with Gasteiger partial charge in [0.05, 0.1) is 13.1 Å². The van der Waals surface area contributed by atoms with E-state index < -0.39 is 25.0 Å². The van der Waals surface area contributed by atoms with Gasteiger partial charge in [-0.15, -0.1) is 0 Å². The Bertz CT molecular complexity index is 112. The van der Waals surface area contributed by atoms with E-state index >= 15 is 0 Å². The summed E-state index contributed by atoms with van der Waals surface area (Å²) in [5, 5.41) is 7.66. The molecule has 0 aromatic rings. The van der Waals surface area contributed by atoms with Gasteiger partial charge in [0.1, 0.15) is 0 Å². The van der Waals surface area contributed by atoms with Crippen molar-refractivity contribution in [3.05, 3.63) is 0 Å². The van der Waals surface area contributed by atoms with Crippen molar-refractivity contribution in [3.8, 4) is 0 Å². The smallest absolute Gasteiger partial charge is 0.374 e. The summed E-state index contributed by atoms with van der Waals surface area (Å²) in [5.41, 5.74) is 0. The molecule has 0 unspecified atom stereocenters. The van der Waals surface area contributed by atoms with E-state index in [9.17, 15) is 18.0 Å². The van der Waals surface area contributed by atoms with Crippen molar-refractivity contribution in [2.45, 2.75) is 12.3 Å². The minimum Gasteiger partial charge on any atom is -0.477 e. The molecule has 9 heavy (non-hydrogen) atoms. The van der Waals surface area contributed by atoms with Crippen molar-refractivity contribution in [2.75, 3.05) is 6.67 Å². The van der Waals surface area contributed by atoms with Gasteiger partial charge < -0.3 is 5.11 Å². The van der Waals surface area contributed by atoms with Crippen LogP contribution in [0.15, 0.2) is 0 Å². The molecule has 0 amide bonds. The van der Waals surface area contributed by atoms with Crippen LogP contribution < -0.4 is 0 Å². The minimum absolute atomic E-state index is 1.25. The zero-order valence-corrected chi connectivity index (χ0v) is 4.40. The molecule has 2 nitrogen and oxygen atoms in total. The molecule has 0 aromatic heterocycles. The van der Waals surface area contributed by atoms with Crippen LogP contribution in [0.4, 0.5) is 13.2 Å². The molecule has 0 atom stereocenters. The van der Waals surface area contributed by atoms with Crippen molar-refractivity contribution in [1.29, 1.82) is 0 Å². The summed E-state index contributed by atoms with van der Waals surface area (Å²) in [5.74, 6) is -6.19. The van der Waals surface area contributed by atoms with E-state index in [0.29, 0.717) is 0 Å². The number of rotatable bonds is 3. The highest BCUT2D eigenvalue weighted by Crippen LogP contribution is 2.17. The number of hydrogen-bond donors (Lipinski definition) is 1. The molecule has 5 heteroatoms. The van der Waals surface area contributed by atoms with Crippen molar-refractivity contribution in [2.24, 2.45) is 0 Å². The predicted molar refractivity (Wildman–Crippen MR) is 23.2 cm³/mol. The zero-order valence-electron chi connectivity index (χ0n) is 4.40. The van der Waals surface area contributed by atoms with Crippen LogP contribution in [0.3, 0.4) is 0 Å². The minimum atomic E-state index is -3.91. The van der Waals surface area contributed by atoms with Crippen LogP contribution in [0.5, 0.6) is 0 Å². The number of carboxylic acids is 1. The molecule has 0 aliphatic heterocycles. The topological polar surface area (TPSA) is 37.3 Å². The number of carboxylic acid groups (broad SMARTS) is 1. The zero-order chi connectivity index (χ0) is 7.49. The van der Waals surface area contributed by atoms with Crippen molar-refractivity contribution < 1.29 is 23.1 Å². The van der Waals surface area contributed by atoms with E-state index in [2.05, 4.69) is 0 Å². The average Bonchev–Trinajstić information content (AvgIpc) is 1.65. The third-order valence-corrected chi connectivity index (χ3v) is 0.721. The lowest BCUT2D eigenvalue weighted by Crippen LogP contribution is -2.28. The lowest BCUT2D eigenvalue weighted by Gasteiger charge is -2.06. The van der Waals surface area contributed by atoms with Gasteiger partial charge in [0.25, 0.3) is 0 Å². The van der Waals surface area contributed by atoms with Gasteiger partial charge in [-0.05, 0) is 0 Å². The van der Waals surface area contributed by atoms with Crippen LogP contribution in [0.1, 0.15) is 6.42 Å². The Hall–Kier alpha value is -0.740. The van der Waals surface area contributed by atoms with Gasteiger partial charge in [0, 0.05) is 0 Å². The molecule has 0 radical (unpaired) electrons. The van der Waals surface area contributed by atoms with E-state index in [0.717, 1.165) is 0 Å². The highest BCUT2D eigenvalue weighted by molar-refractivity contribution is 5.75. The summed E-state index contributed by atoms with van der Waals surface area (Å²) in [6.07, 6.45) is -1.25. The Kier molecular flexibility index (Phi) is 2.48. The molecule has 0 saturated carbocycles. The largest absolute Gasteiger partial charge is 0.477 e. The van der Waals surface area contributed by atoms with Gasteiger partial charge in [-0.1, -0.05) is 0 Å². The SMILES string of the molecule is O=C(O)C(F)(F)CCF. The van der Waals surface area contributed by atoms with Gasteiger partial charge >= 0.3 is 11.9 Å². The van der Waals surface area contributed by atoms with Crippen LogP contribution >= 0.6 is 0 Å². The fourth-order valence-corrected chi connectivity index (χ4v) is 0.226. The molecule has 0 fully saturated rings. The normalized spacial score (nSPS) is 11.4. The van der Waals surface area contributed by atoms with Crippen LogP contribution in [0.25, 0.3) is 0 Å². The summed E-state index contributed by atoms with van der Waals surface area (Å²) in [6, 6.07) is 0. The molecule has 0 aliphatic rings. The van der Waals surface area contributed by atoms with Gasteiger partial charge in [-0.3, -0.25) is 4.39 Å². The molecule has 0 aliphatic carbocycles.